The highest BCUT2D eigenvalue weighted by Crippen LogP contribution is 2.19. The molecule has 0 bridgehead atoms. The first-order valence-electron chi connectivity index (χ1n) is 5.57. The fourth-order valence-corrected chi connectivity index (χ4v) is 1.57. The monoisotopic (exact) mass is 237 g/mol. The lowest BCUT2D eigenvalue weighted by atomic mass is 10.0. The van der Waals surface area contributed by atoms with Crippen LogP contribution in [0.5, 0.6) is 5.75 Å². The van der Waals surface area contributed by atoms with Crippen molar-refractivity contribution in [3.63, 3.8) is 0 Å². The van der Waals surface area contributed by atoms with Crippen molar-refractivity contribution in [1.29, 1.82) is 0 Å². The Morgan fingerprint density at radius 1 is 1.47 bits per heavy atom. The molecular weight excluding hydrogens is 218 g/mol. The number of carbonyl (C=O) groups excluding carboxylic acids is 1. The number of benzene rings is 1. The SMILES string of the molecule is COC(=O)COc1ccc(C[C@@H](C)N)cc1C. The van der Waals surface area contributed by atoms with E-state index >= 15 is 0 Å². The third kappa shape index (κ3) is 4.44. The standard InChI is InChI=1S/C13H19NO3/c1-9-6-11(7-10(2)14)4-5-12(9)17-8-13(15)16-3/h4-6,10H,7-8,14H2,1-3H3/t10-/m1/s1. The Balaban J connectivity index is 2.66. The molecule has 1 rings (SSSR count). The maximum absolute atomic E-state index is 10.9. The van der Waals surface area contributed by atoms with Crippen molar-refractivity contribution < 1.29 is 14.3 Å². The number of methoxy groups -OCH3 is 1. The summed E-state index contributed by atoms with van der Waals surface area (Å²) in [5.74, 6) is 0.313. The van der Waals surface area contributed by atoms with Crippen molar-refractivity contribution in [2.75, 3.05) is 13.7 Å². The predicted octanol–water partition coefficient (Wildman–Crippen LogP) is 1.44. The minimum absolute atomic E-state index is 0.0655. The Morgan fingerprint density at radius 2 is 2.18 bits per heavy atom. The highest BCUT2D eigenvalue weighted by Gasteiger charge is 2.06. The van der Waals surface area contributed by atoms with E-state index in [2.05, 4.69) is 4.74 Å². The molecule has 94 valence electrons. The topological polar surface area (TPSA) is 61.5 Å². The Morgan fingerprint density at radius 3 is 2.71 bits per heavy atom. The number of hydrogen-bond donors (Lipinski definition) is 1. The summed E-state index contributed by atoms with van der Waals surface area (Å²) in [6.45, 7) is 3.85. The fraction of sp³-hybridized carbons (Fsp3) is 0.462. The maximum atomic E-state index is 10.9. The van der Waals surface area contributed by atoms with Crippen molar-refractivity contribution in [2.45, 2.75) is 26.3 Å². The number of aryl methyl sites for hydroxylation is 1. The molecule has 1 aromatic rings. The first-order chi connectivity index (χ1) is 8.02. The number of nitrogens with two attached hydrogens (primary N) is 1. The molecule has 0 aliphatic heterocycles. The molecular formula is C13H19NO3. The molecule has 0 amide bonds. The highest BCUT2D eigenvalue weighted by molar-refractivity contribution is 5.70. The normalized spacial score (nSPS) is 12.0. The van der Waals surface area contributed by atoms with Gasteiger partial charge in [-0.2, -0.15) is 0 Å². The van der Waals surface area contributed by atoms with Crippen LogP contribution < -0.4 is 10.5 Å². The molecule has 0 aliphatic rings. The maximum Gasteiger partial charge on any atom is 0.343 e. The Kier molecular flexibility index (Phi) is 4.97. The zero-order valence-electron chi connectivity index (χ0n) is 10.5. The number of esters is 1. The highest BCUT2D eigenvalue weighted by atomic mass is 16.6. The van der Waals surface area contributed by atoms with Crippen molar-refractivity contribution in [2.24, 2.45) is 5.73 Å². The van der Waals surface area contributed by atoms with Crippen LogP contribution >= 0.6 is 0 Å². The molecule has 0 saturated heterocycles. The third-order valence-electron chi connectivity index (χ3n) is 2.37. The molecule has 0 saturated carbocycles. The molecule has 0 aliphatic carbocycles. The second kappa shape index (κ2) is 6.25. The second-order valence-corrected chi connectivity index (χ2v) is 4.15. The van der Waals surface area contributed by atoms with E-state index in [4.69, 9.17) is 10.5 Å². The van der Waals surface area contributed by atoms with Gasteiger partial charge in [0.1, 0.15) is 5.75 Å². The zero-order chi connectivity index (χ0) is 12.8. The van der Waals surface area contributed by atoms with Gasteiger partial charge in [-0.05, 0) is 37.5 Å². The molecule has 0 fully saturated rings. The van der Waals surface area contributed by atoms with Gasteiger partial charge in [-0.25, -0.2) is 4.79 Å². The molecule has 0 aromatic heterocycles. The van der Waals surface area contributed by atoms with Crippen LogP contribution in [-0.2, 0) is 16.0 Å². The molecule has 2 N–H and O–H groups in total. The number of rotatable bonds is 5. The largest absolute Gasteiger partial charge is 0.482 e. The summed E-state index contributed by atoms with van der Waals surface area (Å²) >= 11 is 0. The van der Waals surface area contributed by atoms with Gasteiger partial charge in [0.2, 0.25) is 0 Å². The van der Waals surface area contributed by atoms with Gasteiger partial charge < -0.3 is 15.2 Å². The molecule has 1 aromatic carbocycles. The summed E-state index contributed by atoms with van der Waals surface area (Å²) in [5.41, 5.74) is 7.90. The molecule has 1 atom stereocenters. The van der Waals surface area contributed by atoms with Gasteiger partial charge in [0.15, 0.2) is 6.61 Å². The summed E-state index contributed by atoms with van der Waals surface area (Å²) in [5, 5.41) is 0. The molecule has 0 radical (unpaired) electrons. The first kappa shape index (κ1) is 13.5. The van der Waals surface area contributed by atoms with Gasteiger partial charge in [-0.3, -0.25) is 0 Å². The minimum Gasteiger partial charge on any atom is -0.482 e. The lowest BCUT2D eigenvalue weighted by Gasteiger charge is -2.11. The predicted molar refractivity (Wildman–Crippen MR) is 66.0 cm³/mol. The Labute approximate surface area is 102 Å². The van der Waals surface area contributed by atoms with Crippen molar-refractivity contribution in [3.8, 4) is 5.75 Å². The molecule has 0 heterocycles. The van der Waals surface area contributed by atoms with Crippen LogP contribution in [0.2, 0.25) is 0 Å². The molecule has 4 nitrogen and oxygen atoms in total. The van der Waals surface area contributed by atoms with Gasteiger partial charge in [-0.15, -0.1) is 0 Å². The van der Waals surface area contributed by atoms with E-state index in [1.165, 1.54) is 12.7 Å². The van der Waals surface area contributed by atoms with Crippen LogP contribution in [0, 0.1) is 6.92 Å². The van der Waals surface area contributed by atoms with E-state index in [9.17, 15) is 4.79 Å². The van der Waals surface area contributed by atoms with Crippen molar-refractivity contribution in [1.82, 2.24) is 0 Å². The average molecular weight is 237 g/mol. The Hall–Kier alpha value is -1.55. The average Bonchev–Trinajstić information content (AvgIpc) is 2.26. The van der Waals surface area contributed by atoms with Gasteiger partial charge in [0.05, 0.1) is 7.11 Å². The first-order valence-corrected chi connectivity index (χ1v) is 5.57. The van der Waals surface area contributed by atoms with Crippen LogP contribution in [0.15, 0.2) is 18.2 Å². The number of carbonyl (C=O) groups is 1. The van der Waals surface area contributed by atoms with Gasteiger partial charge in [0.25, 0.3) is 0 Å². The fourth-order valence-electron chi connectivity index (χ4n) is 1.57. The van der Waals surface area contributed by atoms with E-state index in [1.807, 2.05) is 32.0 Å². The zero-order valence-corrected chi connectivity index (χ0v) is 10.5. The van der Waals surface area contributed by atoms with Crippen LogP contribution in [0.4, 0.5) is 0 Å². The van der Waals surface area contributed by atoms with Crippen molar-refractivity contribution >= 4 is 5.97 Å². The Bertz CT molecular complexity index is 388. The van der Waals surface area contributed by atoms with Crippen molar-refractivity contribution in [3.05, 3.63) is 29.3 Å². The van der Waals surface area contributed by atoms with E-state index < -0.39 is 0 Å². The lowest BCUT2D eigenvalue weighted by Crippen LogP contribution is -2.18. The molecule has 4 heteroatoms. The summed E-state index contributed by atoms with van der Waals surface area (Å²) in [6.07, 6.45) is 0.831. The summed E-state index contributed by atoms with van der Waals surface area (Å²) in [6, 6.07) is 5.98. The van der Waals surface area contributed by atoms with E-state index in [0.717, 1.165) is 12.0 Å². The van der Waals surface area contributed by atoms with Crippen LogP contribution in [0.25, 0.3) is 0 Å². The van der Waals surface area contributed by atoms with Crippen LogP contribution in [0.1, 0.15) is 18.1 Å². The minimum atomic E-state index is -0.385. The number of hydrogen-bond acceptors (Lipinski definition) is 4. The quantitative estimate of drug-likeness (QED) is 0.787. The summed E-state index contributed by atoms with van der Waals surface area (Å²) < 4.78 is 9.85. The summed E-state index contributed by atoms with van der Waals surface area (Å²) in [4.78, 5) is 10.9. The van der Waals surface area contributed by atoms with Crippen LogP contribution in [0.3, 0.4) is 0 Å². The molecule has 0 unspecified atom stereocenters. The van der Waals surface area contributed by atoms with Crippen LogP contribution in [-0.4, -0.2) is 25.7 Å². The van der Waals surface area contributed by atoms with Gasteiger partial charge >= 0.3 is 5.97 Å². The lowest BCUT2D eigenvalue weighted by molar-refractivity contribution is -0.142. The van der Waals surface area contributed by atoms with E-state index in [-0.39, 0.29) is 18.6 Å². The summed E-state index contributed by atoms with van der Waals surface area (Å²) in [7, 11) is 1.34. The molecule has 17 heavy (non-hydrogen) atoms. The van der Waals surface area contributed by atoms with E-state index in [1.54, 1.807) is 0 Å². The third-order valence-corrected chi connectivity index (χ3v) is 2.37. The number of ether oxygens (including phenoxy) is 2. The molecule has 0 spiro atoms. The second-order valence-electron chi connectivity index (χ2n) is 4.15. The smallest absolute Gasteiger partial charge is 0.343 e. The van der Waals surface area contributed by atoms with Gasteiger partial charge in [-0.1, -0.05) is 12.1 Å². The van der Waals surface area contributed by atoms with Gasteiger partial charge in [0, 0.05) is 6.04 Å². The van der Waals surface area contributed by atoms with E-state index in [0.29, 0.717) is 5.75 Å².